The first-order chi connectivity index (χ1) is 7.33. The number of pyridine rings is 1. The topological polar surface area (TPSA) is 16.1 Å². The van der Waals surface area contributed by atoms with E-state index in [2.05, 4.69) is 35.3 Å². The van der Waals surface area contributed by atoms with Gasteiger partial charge in [-0.1, -0.05) is 12.5 Å². The monoisotopic (exact) mass is 222 g/mol. The summed E-state index contributed by atoms with van der Waals surface area (Å²) in [5.74, 6) is 0. The summed E-state index contributed by atoms with van der Waals surface area (Å²) >= 11 is 1.75. The van der Waals surface area contributed by atoms with Gasteiger partial charge in [-0.2, -0.15) is 0 Å². The summed E-state index contributed by atoms with van der Waals surface area (Å²) in [4.78, 5) is 6.90. The fourth-order valence-electron chi connectivity index (χ4n) is 2.30. The van der Waals surface area contributed by atoms with Crippen molar-refractivity contribution in [2.24, 2.45) is 0 Å². The molecule has 0 bridgehead atoms. The molecule has 0 spiro atoms. The van der Waals surface area contributed by atoms with E-state index in [9.17, 15) is 0 Å². The highest BCUT2D eigenvalue weighted by Crippen LogP contribution is 2.33. The van der Waals surface area contributed by atoms with Crippen LogP contribution in [0.4, 0.5) is 0 Å². The summed E-state index contributed by atoms with van der Waals surface area (Å²) in [6.45, 7) is 1.22. The van der Waals surface area contributed by atoms with Crippen molar-refractivity contribution in [3.63, 3.8) is 0 Å². The maximum absolute atomic E-state index is 4.44. The maximum Gasteiger partial charge on any atom is 0.100 e. The predicted octanol–water partition coefficient (Wildman–Crippen LogP) is 2.96. The summed E-state index contributed by atoms with van der Waals surface area (Å²) in [5.41, 5.74) is 1.41. The first-order valence-electron chi connectivity index (χ1n) is 5.52. The zero-order chi connectivity index (χ0) is 10.7. The lowest BCUT2D eigenvalue weighted by Crippen LogP contribution is -2.30. The molecule has 3 heteroatoms. The molecular weight excluding hydrogens is 204 g/mol. The molecule has 1 aliphatic rings. The second-order valence-electron chi connectivity index (χ2n) is 4.09. The number of nitrogens with zero attached hydrogens (tertiary/aromatic N) is 2. The molecule has 82 valence electrons. The molecule has 1 aromatic rings. The van der Waals surface area contributed by atoms with Gasteiger partial charge in [0, 0.05) is 17.8 Å². The van der Waals surface area contributed by atoms with Gasteiger partial charge in [0.1, 0.15) is 5.03 Å². The number of thioether (sulfide) groups is 1. The zero-order valence-corrected chi connectivity index (χ0v) is 10.3. The third-order valence-corrected chi connectivity index (χ3v) is 3.85. The van der Waals surface area contributed by atoms with Gasteiger partial charge in [-0.15, -0.1) is 11.8 Å². The van der Waals surface area contributed by atoms with Crippen molar-refractivity contribution in [3.05, 3.63) is 23.9 Å². The molecule has 1 fully saturated rings. The Labute approximate surface area is 96.1 Å². The van der Waals surface area contributed by atoms with Crippen LogP contribution in [0, 0.1) is 0 Å². The normalized spacial score (nSPS) is 22.9. The van der Waals surface area contributed by atoms with Crippen LogP contribution >= 0.6 is 11.8 Å². The van der Waals surface area contributed by atoms with Crippen molar-refractivity contribution in [2.75, 3.05) is 19.8 Å². The molecule has 0 amide bonds. The number of hydrogen-bond acceptors (Lipinski definition) is 3. The van der Waals surface area contributed by atoms with Gasteiger partial charge in [0.25, 0.3) is 0 Å². The molecule has 0 radical (unpaired) electrons. The van der Waals surface area contributed by atoms with Gasteiger partial charge in [-0.3, -0.25) is 4.90 Å². The van der Waals surface area contributed by atoms with E-state index in [1.54, 1.807) is 11.8 Å². The molecule has 0 aromatic carbocycles. The number of likely N-dealkylation sites (tertiary alicyclic amines) is 1. The largest absolute Gasteiger partial charge is 0.299 e. The van der Waals surface area contributed by atoms with Gasteiger partial charge < -0.3 is 0 Å². The molecular formula is C12H18N2S. The Morgan fingerprint density at radius 2 is 2.33 bits per heavy atom. The number of rotatable bonds is 2. The average molecular weight is 222 g/mol. The van der Waals surface area contributed by atoms with Crippen LogP contribution in [0.2, 0.25) is 0 Å². The standard InChI is InChI=1S/C12H18N2S/c1-14-9-4-3-7-11(14)10-6-5-8-13-12(10)15-2/h5-6,8,11H,3-4,7,9H2,1-2H3. The molecule has 15 heavy (non-hydrogen) atoms. The quantitative estimate of drug-likeness (QED) is 0.716. The van der Waals surface area contributed by atoms with E-state index in [4.69, 9.17) is 0 Å². The Morgan fingerprint density at radius 3 is 3.07 bits per heavy atom. The summed E-state index contributed by atoms with van der Waals surface area (Å²) in [6.07, 6.45) is 7.95. The third-order valence-electron chi connectivity index (χ3n) is 3.12. The Bertz CT molecular complexity index is 327. The number of aromatic nitrogens is 1. The summed E-state index contributed by atoms with van der Waals surface area (Å²) in [5, 5.41) is 1.19. The minimum atomic E-state index is 0.579. The molecule has 2 rings (SSSR count). The highest BCUT2D eigenvalue weighted by atomic mass is 32.2. The van der Waals surface area contributed by atoms with Gasteiger partial charge in [0.2, 0.25) is 0 Å². The van der Waals surface area contributed by atoms with Crippen molar-refractivity contribution in [3.8, 4) is 0 Å². The lowest BCUT2D eigenvalue weighted by Gasteiger charge is -2.33. The first kappa shape index (κ1) is 11.0. The van der Waals surface area contributed by atoms with Crippen molar-refractivity contribution in [1.82, 2.24) is 9.88 Å². The molecule has 1 saturated heterocycles. The lowest BCUT2D eigenvalue weighted by molar-refractivity contribution is 0.184. The highest BCUT2D eigenvalue weighted by Gasteiger charge is 2.22. The van der Waals surface area contributed by atoms with Crippen LogP contribution in [0.15, 0.2) is 23.4 Å². The van der Waals surface area contributed by atoms with E-state index < -0.39 is 0 Å². The summed E-state index contributed by atoms with van der Waals surface area (Å²) < 4.78 is 0. The molecule has 0 N–H and O–H groups in total. The van der Waals surface area contributed by atoms with Crippen LogP contribution in [0.3, 0.4) is 0 Å². The molecule has 1 atom stereocenters. The molecule has 1 unspecified atom stereocenters. The smallest absolute Gasteiger partial charge is 0.100 e. The Morgan fingerprint density at radius 1 is 1.47 bits per heavy atom. The Hall–Kier alpha value is -0.540. The van der Waals surface area contributed by atoms with E-state index in [0.717, 1.165) is 0 Å². The molecule has 0 saturated carbocycles. The molecule has 1 aliphatic heterocycles. The Balaban J connectivity index is 2.26. The molecule has 0 aliphatic carbocycles. The second kappa shape index (κ2) is 4.99. The second-order valence-corrected chi connectivity index (χ2v) is 4.89. The molecule has 2 nitrogen and oxygen atoms in total. The van der Waals surface area contributed by atoms with Crippen molar-refractivity contribution < 1.29 is 0 Å². The minimum Gasteiger partial charge on any atom is -0.299 e. The number of hydrogen-bond donors (Lipinski definition) is 0. The van der Waals surface area contributed by atoms with Crippen molar-refractivity contribution in [2.45, 2.75) is 30.3 Å². The van der Waals surface area contributed by atoms with E-state index in [1.165, 1.54) is 36.4 Å². The van der Waals surface area contributed by atoms with Crippen LogP contribution in [-0.4, -0.2) is 29.7 Å². The van der Waals surface area contributed by atoms with Crippen LogP contribution < -0.4 is 0 Å². The average Bonchev–Trinajstić information content (AvgIpc) is 2.30. The first-order valence-corrected chi connectivity index (χ1v) is 6.74. The summed E-state index contributed by atoms with van der Waals surface area (Å²) in [7, 11) is 2.22. The minimum absolute atomic E-state index is 0.579. The highest BCUT2D eigenvalue weighted by molar-refractivity contribution is 7.98. The van der Waals surface area contributed by atoms with Crippen LogP contribution in [0.1, 0.15) is 30.9 Å². The van der Waals surface area contributed by atoms with Crippen molar-refractivity contribution in [1.29, 1.82) is 0 Å². The van der Waals surface area contributed by atoms with Gasteiger partial charge in [0.05, 0.1) is 0 Å². The fraction of sp³-hybridized carbons (Fsp3) is 0.583. The number of piperidine rings is 1. The maximum atomic E-state index is 4.44. The Kier molecular flexibility index (Phi) is 3.65. The van der Waals surface area contributed by atoms with Gasteiger partial charge >= 0.3 is 0 Å². The van der Waals surface area contributed by atoms with Crippen LogP contribution in [0.5, 0.6) is 0 Å². The lowest BCUT2D eigenvalue weighted by atomic mass is 9.97. The van der Waals surface area contributed by atoms with E-state index in [-0.39, 0.29) is 0 Å². The third kappa shape index (κ3) is 2.34. The van der Waals surface area contributed by atoms with Gasteiger partial charge in [-0.25, -0.2) is 4.98 Å². The SMILES string of the molecule is CSc1ncccc1C1CCCCN1C. The van der Waals surface area contributed by atoms with Gasteiger partial charge in [-0.05, 0) is 38.8 Å². The molecule has 2 heterocycles. The van der Waals surface area contributed by atoms with Gasteiger partial charge in [0.15, 0.2) is 0 Å². The fourth-order valence-corrected chi connectivity index (χ4v) is 2.90. The van der Waals surface area contributed by atoms with Crippen LogP contribution in [-0.2, 0) is 0 Å². The summed E-state index contributed by atoms with van der Waals surface area (Å²) in [6, 6.07) is 4.86. The van der Waals surface area contributed by atoms with E-state index in [0.29, 0.717) is 6.04 Å². The van der Waals surface area contributed by atoms with Crippen LogP contribution in [0.25, 0.3) is 0 Å². The predicted molar refractivity (Wildman–Crippen MR) is 65.2 cm³/mol. The zero-order valence-electron chi connectivity index (χ0n) is 9.44. The van der Waals surface area contributed by atoms with E-state index >= 15 is 0 Å². The van der Waals surface area contributed by atoms with Crippen molar-refractivity contribution >= 4 is 11.8 Å². The molecule has 1 aromatic heterocycles. The van der Waals surface area contributed by atoms with E-state index in [1.807, 2.05) is 6.20 Å².